The van der Waals surface area contributed by atoms with Crippen LogP contribution in [0.1, 0.15) is 149 Å². The Hall–Kier alpha value is -8.64. The number of amides is 8. The van der Waals surface area contributed by atoms with E-state index < -0.39 is 29.8 Å². The summed E-state index contributed by atoms with van der Waals surface area (Å²) in [7, 11) is 0. The van der Waals surface area contributed by atoms with Gasteiger partial charge in [0.1, 0.15) is 6.17 Å². The van der Waals surface area contributed by atoms with E-state index in [0.29, 0.717) is 67.5 Å². The highest BCUT2D eigenvalue weighted by molar-refractivity contribution is 6.43. The first kappa shape index (κ1) is 43.2. The van der Waals surface area contributed by atoms with Crippen LogP contribution >= 0.6 is 0 Å². The third kappa shape index (κ3) is 5.24. The van der Waals surface area contributed by atoms with Crippen LogP contribution in [0, 0.1) is 0 Å². The molecule has 0 saturated carbocycles. The van der Waals surface area contributed by atoms with Crippen molar-refractivity contribution in [2.24, 2.45) is 0 Å². The van der Waals surface area contributed by atoms with E-state index in [2.05, 4.69) is 6.92 Å². The van der Waals surface area contributed by atoms with Crippen LogP contribution in [-0.4, -0.2) is 85.6 Å². The number of nitrogens with zero attached hydrogens (tertiary/aromatic N) is 4. The second kappa shape index (κ2) is 15.0. The van der Waals surface area contributed by atoms with Gasteiger partial charge in [0.05, 0.1) is 0 Å². The molecule has 10 aromatic carbocycles. The van der Waals surface area contributed by atoms with Crippen LogP contribution in [-0.2, 0) is 0 Å². The molecule has 2 atom stereocenters. The minimum Gasteiger partial charge on any atom is -0.274 e. The van der Waals surface area contributed by atoms with E-state index in [-0.39, 0.29) is 58.3 Å². The summed E-state index contributed by atoms with van der Waals surface area (Å²) in [5, 5.41) is 11.2. The lowest BCUT2D eigenvalue weighted by atomic mass is 9.81. The lowest BCUT2D eigenvalue weighted by Gasteiger charge is -2.40. The van der Waals surface area contributed by atoms with Crippen LogP contribution in [0.25, 0.3) is 86.2 Å². The summed E-state index contributed by atoms with van der Waals surface area (Å²) in [6.45, 7) is 8.07. The summed E-state index contributed by atoms with van der Waals surface area (Å²) in [5.41, 5.74) is 2.82. The Balaban J connectivity index is 0.866. The Morgan fingerprint density at radius 1 is 0.329 bits per heavy atom. The summed E-state index contributed by atoms with van der Waals surface area (Å²) in [4.78, 5) is 121. The van der Waals surface area contributed by atoms with E-state index in [1.54, 1.807) is 55.5 Å². The smallest absolute Gasteiger partial charge is 0.263 e. The first-order valence-electron chi connectivity index (χ1n) is 25.3. The van der Waals surface area contributed by atoms with Gasteiger partial charge in [0.25, 0.3) is 47.3 Å². The van der Waals surface area contributed by atoms with Gasteiger partial charge in [-0.05, 0) is 139 Å². The second-order valence-corrected chi connectivity index (χ2v) is 20.2. The molecular formula is C61H44N4O8. The van der Waals surface area contributed by atoms with Crippen LogP contribution < -0.4 is 0 Å². The quantitative estimate of drug-likeness (QED) is 0.0569. The highest BCUT2D eigenvalue weighted by Gasteiger charge is 2.47. The van der Waals surface area contributed by atoms with E-state index in [1.807, 2.05) is 62.4 Å². The van der Waals surface area contributed by atoms with Gasteiger partial charge in [-0.25, -0.2) is 0 Å². The SMILES string of the molecule is CCCCCN1C(=O)c2ccc3c4ccc5c6c(ccc(c7ccc(c2c37)C1=O)c64)C(=O)N(C(CC)N1C(=O)c2ccc3c4ccc6c7c(ccc(c8ccc(c2c38)C1=O)c74)C(=O)N(C(C)CCC)C6=O)C5=O. The normalized spacial score (nSPS) is 16.6. The lowest BCUT2D eigenvalue weighted by Crippen LogP contribution is -2.59. The number of imide groups is 4. The van der Waals surface area contributed by atoms with Crippen molar-refractivity contribution in [3.63, 3.8) is 0 Å². The summed E-state index contributed by atoms with van der Waals surface area (Å²) >= 11 is 0. The molecule has 0 spiro atoms. The Bertz CT molecular complexity index is 4100. The predicted molar refractivity (Wildman–Crippen MR) is 280 cm³/mol. The fourth-order valence-electron chi connectivity index (χ4n) is 13.3. The zero-order valence-corrected chi connectivity index (χ0v) is 40.4. The van der Waals surface area contributed by atoms with Crippen molar-refractivity contribution in [1.29, 1.82) is 0 Å². The van der Waals surface area contributed by atoms with E-state index in [4.69, 9.17) is 0 Å². The van der Waals surface area contributed by atoms with Crippen LogP contribution in [0.15, 0.2) is 97.1 Å². The standard InChI is InChI=1S/C61H44N4O8/c1-5-8-9-27-62-54(66)37-19-11-29-33-15-23-41-52-42(24-16-34(48(33)52)30-12-20-38(55(62)67)50(37)46(29)30)59(71)64(58(41)70)45(7-3)65-60(72)43-25-17-35-31-13-21-39-51-40(57(69)63(56(39)68)28(4)10-6-2)22-14-32(47(31)51)36-18-26-44(61(65)73)53(43)49(35)36/h11-26,28,45H,5-10,27H2,1-4H3. The minimum absolute atomic E-state index is 0.0535. The number of carbonyl (C=O) groups excluding carboxylic acids is 8. The third-order valence-corrected chi connectivity index (χ3v) is 16.5. The molecule has 12 heteroatoms. The maximum absolute atomic E-state index is 15.1. The molecule has 4 aliphatic heterocycles. The van der Waals surface area contributed by atoms with Gasteiger partial charge in [-0.1, -0.05) is 88.6 Å². The van der Waals surface area contributed by atoms with Gasteiger partial charge in [-0.2, -0.15) is 0 Å². The molecule has 14 rings (SSSR count). The summed E-state index contributed by atoms with van der Waals surface area (Å²) < 4.78 is 0. The zero-order chi connectivity index (χ0) is 50.2. The summed E-state index contributed by atoms with van der Waals surface area (Å²) in [6, 6.07) is 28.5. The predicted octanol–water partition coefficient (Wildman–Crippen LogP) is 12.0. The van der Waals surface area contributed by atoms with Gasteiger partial charge in [0, 0.05) is 78.6 Å². The van der Waals surface area contributed by atoms with Gasteiger partial charge in [0.15, 0.2) is 0 Å². The maximum Gasteiger partial charge on any atom is 0.263 e. The second-order valence-electron chi connectivity index (χ2n) is 20.2. The molecule has 0 bridgehead atoms. The van der Waals surface area contributed by atoms with E-state index in [9.17, 15) is 19.2 Å². The van der Waals surface area contributed by atoms with Crippen molar-refractivity contribution in [3.8, 4) is 0 Å². The van der Waals surface area contributed by atoms with E-state index in [0.717, 1.165) is 89.3 Å². The molecule has 0 saturated heterocycles. The molecular weight excluding hydrogens is 917 g/mol. The number of carbonyl (C=O) groups is 8. The van der Waals surface area contributed by atoms with Gasteiger partial charge in [-0.15, -0.1) is 0 Å². The fourth-order valence-corrected chi connectivity index (χ4v) is 13.3. The average Bonchev–Trinajstić information content (AvgIpc) is 3.40. The molecule has 12 nitrogen and oxygen atoms in total. The number of fused-ring (bicyclic) bond motifs is 4. The topological polar surface area (TPSA) is 150 Å². The molecule has 0 fully saturated rings. The molecule has 0 aromatic heterocycles. The Labute approximate surface area is 416 Å². The van der Waals surface area contributed by atoms with Crippen LogP contribution in [0.4, 0.5) is 0 Å². The number of hydrogen-bond donors (Lipinski definition) is 0. The number of hydrogen-bond acceptors (Lipinski definition) is 8. The molecule has 10 aromatic rings. The fraction of sp³-hybridized carbons (Fsp3) is 0.213. The van der Waals surface area contributed by atoms with Crippen LogP contribution in [0.2, 0.25) is 0 Å². The Kier molecular flexibility index (Phi) is 8.84. The number of rotatable bonds is 10. The van der Waals surface area contributed by atoms with Crippen molar-refractivity contribution >= 4 is 133 Å². The largest absolute Gasteiger partial charge is 0.274 e. The van der Waals surface area contributed by atoms with Crippen LogP contribution in [0.5, 0.6) is 0 Å². The molecule has 4 heterocycles. The molecule has 4 aliphatic rings. The Morgan fingerprint density at radius 3 is 0.863 bits per heavy atom. The Morgan fingerprint density at radius 2 is 0.603 bits per heavy atom. The molecule has 356 valence electrons. The van der Waals surface area contributed by atoms with Crippen molar-refractivity contribution in [3.05, 3.63) is 142 Å². The molecule has 0 N–H and O–H groups in total. The van der Waals surface area contributed by atoms with Gasteiger partial charge in [0.2, 0.25) is 0 Å². The highest BCUT2D eigenvalue weighted by Crippen LogP contribution is 2.49. The third-order valence-electron chi connectivity index (χ3n) is 16.5. The molecule has 2 unspecified atom stereocenters. The molecule has 8 amide bonds. The van der Waals surface area contributed by atoms with Crippen molar-refractivity contribution in [2.45, 2.75) is 78.4 Å². The molecule has 0 radical (unpaired) electrons. The summed E-state index contributed by atoms with van der Waals surface area (Å²) in [5.74, 6) is -3.87. The van der Waals surface area contributed by atoms with E-state index in [1.165, 1.54) is 9.80 Å². The van der Waals surface area contributed by atoms with Crippen LogP contribution in [0.3, 0.4) is 0 Å². The minimum atomic E-state index is -1.29. The number of benzene rings is 10. The van der Waals surface area contributed by atoms with Crippen molar-refractivity contribution < 1.29 is 38.4 Å². The maximum atomic E-state index is 15.1. The van der Waals surface area contributed by atoms with E-state index >= 15 is 19.2 Å². The average molecular weight is 961 g/mol. The van der Waals surface area contributed by atoms with Gasteiger partial charge >= 0.3 is 0 Å². The highest BCUT2D eigenvalue weighted by atomic mass is 16.2. The zero-order valence-electron chi connectivity index (χ0n) is 40.4. The van der Waals surface area contributed by atoms with Crippen molar-refractivity contribution in [2.75, 3.05) is 6.54 Å². The molecule has 73 heavy (non-hydrogen) atoms. The monoisotopic (exact) mass is 960 g/mol. The first-order chi connectivity index (χ1) is 35.4. The van der Waals surface area contributed by atoms with Crippen molar-refractivity contribution in [1.82, 2.24) is 19.6 Å². The first-order valence-corrected chi connectivity index (χ1v) is 25.3. The van der Waals surface area contributed by atoms with Gasteiger partial charge < -0.3 is 0 Å². The molecule has 0 aliphatic carbocycles. The number of unbranched alkanes of at least 4 members (excludes halogenated alkanes) is 2. The lowest BCUT2D eigenvalue weighted by molar-refractivity contribution is 0.0225. The van der Waals surface area contributed by atoms with Gasteiger partial charge in [-0.3, -0.25) is 58.0 Å². The summed E-state index contributed by atoms with van der Waals surface area (Å²) in [6.07, 6.45) is 2.85.